The zero-order chi connectivity index (χ0) is 25.9. The molecule has 0 radical (unpaired) electrons. The van der Waals surface area contributed by atoms with Gasteiger partial charge in [-0.1, -0.05) is 47.6 Å². The predicted molar refractivity (Wildman–Crippen MR) is 146 cm³/mol. The van der Waals surface area contributed by atoms with E-state index >= 15 is 0 Å². The van der Waals surface area contributed by atoms with Gasteiger partial charge in [0.15, 0.2) is 5.16 Å². The van der Waals surface area contributed by atoms with Gasteiger partial charge in [-0.2, -0.15) is 0 Å². The Labute approximate surface area is 220 Å². The number of nitrogens with zero attached hydrogens (tertiary/aromatic N) is 2. The van der Waals surface area contributed by atoms with Crippen LogP contribution in [0.2, 0.25) is 5.02 Å². The highest BCUT2D eigenvalue weighted by Crippen LogP contribution is 2.27. The lowest BCUT2D eigenvalue weighted by Crippen LogP contribution is -2.23. The van der Waals surface area contributed by atoms with Gasteiger partial charge < -0.3 is 15.0 Å². The number of fused-ring (bicyclic) bond motifs is 3. The minimum Gasteiger partial charge on any atom is -0.462 e. The van der Waals surface area contributed by atoms with Crippen molar-refractivity contribution in [1.82, 2.24) is 14.5 Å². The normalized spacial score (nSPS) is 11.1. The molecule has 186 valence electrons. The van der Waals surface area contributed by atoms with Crippen LogP contribution < -0.4 is 10.9 Å². The van der Waals surface area contributed by atoms with Crippen LogP contribution in [-0.2, 0) is 9.53 Å². The number of ether oxygens (including phenoxy) is 1. The van der Waals surface area contributed by atoms with E-state index in [1.807, 2.05) is 24.3 Å². The topological polar surface area (TPSA) is 106 Å². The molecule has 5 rings (SSSR count). The number of H-pyrrole nitrogens is 1. The lowest BCUT2D eigenvalue weighted by Gasteiger charge is -2.12. The first-order valence-electron chi connectivity index (χ1n) is 11.4. The summed E-state index contributed by atoms with van der Waals surface area (Å²) in [6, 6.07) is 20.9. The van der Waals surface area contributed by atoms with E-state index in [0.29, 0.717) is 38.2 Å². The number of hydrogen-bond donors (Lipinski definition) is 2. The fraction of sp³-hybridized carbons (Fsp3) is 0.111. The Hall–Kier alpha value is -4.08. The van der Waals surface area contributed by atoms with Crippen molar-refractivity contribution in [3.8, 4) is 5.69 Å². The standard InChI is InChI=1S/C27H21ClN4O4S/c1-2-36-26(35)16-10-12-18(13-11-16)29-22(33)15-37-27-31-23-20-8-3-4-9-21(20)30-24(23)25(34)32(27)19-7-5-6-17(28)14-19/h3-14,30H,2,15H2,1H3,(H,29,33). The van der Waals surface area contributed by atoms with E-state index < -0.39 is 5.97 Å². The van der Waals surface area contributed by atoms with Crippen LogP contribution in [0.25, 0.3) is 27.6 Å². The van der Waals surface area contributed by atoms with E-state index in [-0.39, 0.29) is 23.8 Å². The number of amides is 1. The largest absolute Gasteiger partial charge is 0.462 e. The van der Waals surface area contributed by atoms with Gasteiger partial charge in [0, 0.05) is 21.6 Å². The smallest absolute Gasteiger partial charge is 0.338 e. The summed E-state index contributed by atoms with van der Waals surface area (Å²) in [5.41, 5.74) is 2.89. The summed E-state index contributed by atoms with van der Waals surface area (Å²) in [6.45, 7) is 2.02. The Kier molecular flexibility index (Phi) is 6.98. The Balaban J connectivity index is 1.45. The third-order valence-corrected chi connectivity index (χ3v) is 6.75. The van der Waals surface area contributed by atoms with Crippen molar-refractivity contribution in [2.45, 2.75) is 12.1 Å². The molecule has 0 bridgehead atoms. The van der Waals surface area contributed by atoms with Crippen LogP contribution in [-0.4, -0.2) is 38.8 Å². The van der Waals surface area contributed by atoms with Crippen LogP contribution in [0.4, 0.5) is 5.69 Å². The van der Waals surface area contributed by atoms with E-state index in [1.165, 1.54) is 4.57 Å². The van der Waals surface area contributed by atoms with Crippen LogP contribution in [0.1, 0.15) is 17.3 Å². The molecule has 1 amide bonds. The number of aromatic nitrogens is 3. The second-order valence-electron chi connectivity index (χ2n) is 8.04. The maximum Gasteiger partial charge on any atom is 0.338 e. The van der Waals surface area contributed by atoms with Crippen molar-refractivity contribution in [2.24, 2.45) is 0 Å². The number of carbonyl (C=O) groups excluding carboxylic acids is 2. The molecule has 0 aliphatic rings. The number of carbonyl (C=O) groups is 2. The molecule has 0 atom stereocenters. The van der Waals surface area contributed by atoms with Gasteiger partial charge in [-0.05, 0) is 55.5 Å². The van der Waals surface area contributed by atoms with Crippen LogP contribution in [0.15, 0.2) is 82.7 Å². The molecule has 0 unspecified atom stereocenters. The number of nitrogens with one attached hydrogen (secondary N) is 2. The number of para-hydroxylation sites is 1. The number of hydrogen-bond acceptors (Lipinski definition) is 6. The first-order chi connectivity index (χ1) is 17.9. The molecule has 0 saturated heterocycles. The first kappa shape index (κ1) is 24.6. The molecule has 0 aliphatic carbocycles. The summed E-state index contributed by atoms with van der Waals surface area (Å²) in [5, 5.41) is 4.45. The Bertz CT molecular complexity index is 1700. The molecule has 2 heterocycles. The second-order valence-corrected chi connectivity index (χ2v) is 9.42. The zero-order valence-corrected chi connectivity index (χ0v) is 21.2. The Morgan fingerprint density at radius 2 is 1.86 bits per heavy atom. The van der Waals surface area contributed by atoms with Crippen molar-refractivity contribution in [1.29, 1.82) is 0 Å². The molecule has 2 N–H and O–H groups in total. The minimum absolute atomic E-state index is 0.000492. The molecular formula is C27H21ClN4O4S. The quantitative estimate of drug-likeness (QED) is 0.164. The molecule has 8 nitrogen and oxygen atoms in total. The highest BCUT2D eigenvalue weighted by Gasteiger charge is 2.18. The summed E-state index contributed by atoms with van der Waals surface area (Å²) in [5.74, 6) is -0.714. The highest BCUT2D eigenvalue weighted by molar-refractivity contribution is 7.99. The number of esters is 1. The molecule has 0 fully saturated rings. The molecule has 5 aromatic rings. The van der Waals surface area contributed by atoms with E-state index in [0.717, 1.165) is 22.7 Å². The van der Waals surface area contributed by atoms with Crippen LogP contribution in [0.5, 0.6) is 0 Å². The van der Waals surface area contributed by atoms with Gasteiger partial charge >= 0.3 is 5.97 Å². The lowest BCUT2D eigenvalue weighted by atomic mass is 10.2. The lowest BCUT2D eigenvalue weighted by molar-refractivity contribution is -0.113. The maximum absolute atomic E-state index is 13.6. The molecular weight excluding hydrogens is 512 g/mol. The number of benzene rings is 3. The fourth-order valence-corrected chi connectivity index (χ4v) is 4.90. The second kappa shape index (κ2) is 10.5. The third kappa shape index (κ3) is 5.09. The van der Waals surface area contributed by atoms with Crippen LogP contribution >= 0.6 is 23.4 Å². The molecule has 2 aromatic heterocycles. The van der Waals surface area contributed by atoms with Crippen LogP contribution in [0, 0.1) is 0 Å². The average Bonchev–Trinajstić information content (AvgIpc) is 3.27. The Morgan fingerprint density at radius 3 is 2.62 bits per heavy atom. The van der Waals surface area contributed by atoms with E-state index in [2.05, 4.69) is 10.3 Å². The van der Waals surface area contributed by atoms with Gasteiger partial charge in [0.2, 0.25) is 5.91 Å². The van der Waals surface area contributed by atoms with Crippen molar-refractivity contribution in [2.75, 3.05) is 17.7 Å². The molecule has 0 aliphatic heterocycles. The molecule has 37 heavy (non-hydrogen) atoms. The van der Waals surface area contributed by atoms with Crippen molar-refractivity contribution in [3.63, 3.8) is 0 Å². The summed E-state index contributed by atoms with van der Waals surface area (Å²) in [4.78, 5) is 46.1. The first-order valence-corrected chi connectivity index (χ1v) is 12.8. The highest BCUT2D eigenvalue weighted by atomic mass is 35.5. The molecule has 10 heteroatoms. The van der Waals surface area contributed by atoms with E-state index in [1.54, 1.807) is 55.5 Å². The summed E-state index contributed by atoms with van der Waals surface area (Å²) in [6.07, 6.45) is 0. The summed E-state index contributed by atoms with van der Waals surface area (Å²) >= 11 is 7.34. The number of thioether (sulfide) groups is 1. The van der Waals surface area contributed by atoms with Crippen molar-refractivity contribution >= 4 is 62.9 Å². The van der Waals surface area contributed by atoms with E-state index in [4.69, 9.17) is 21.3 Å². The SMILES string of the molecule is CCOC(=O)c1ccc(NC(=O)CSc2nc3c([nH]c4ccccc43)c(=O)n2-c2cccc(Cl)c2)cc1. The number of anilines is 1. The van der Waals surface area contributed by atoms with Crippen molar-refractivity contribution < 1.29 is 14.3 Å². The minimum atomic E-state index is -0.423. The van der Waals surface area contributed by atoms with Gasteiger partial charge in [-0.15, -0.1) is 0 Å². The number of aromatic amines is 1. The number of halogens is 1. The fourth-order valence-electron chi connectivity index (χ4n) is 3.91. The van der Waals surface area contributed by atoms with E-state index in [9.17, 15) is 14.4 Å². The van der Waals surface area contributed by atoms with Gasteiger partial charge in [-0.25, -0.2) is 9.78 Å². The zero-order valence-electron chi connectivity index (χ0n) is 19.7. The van der Waals surface area contributed by atoms with Gasteiger partial charge in [0.05, 0.1) is 23.6 Å². The van der Waals surface area contributed by atoms with Gasteiger partial charge in [0.25, 0.3) is 5.56 Å². The number of rotatable bonds is 7. The van der Waals surface area contributed by atoms with Gasteiger partial charge in [0.1, 0.15) is 11.0 Å². The maximum atomic E-state index is 13.6. The molecule has 0 spiro atoms. The summed E-state index contributed by atoms with van der Waals surface area (Å²) in [7, 11) is 0. The monoisotopic (exact) mass is 532 g/mol. The average molecular weight is 533 g/mol. The van der Waals surface area contributed by atoms with Crippen molar-refractivity contribution in [3.05, 3.63) is 93.7 Å². The predicted octanol–water partition coefficient (Wildman–Crippen LogP) is 5.43. The summed E-state index contributed by atoms with van der Waals surface area (Å²) < 4.78 is 6.43. The van der Waals surface area contributed by atoms with Crippen LogP contribution in [0.3, 0.4) is 0 Å². The molecule has 3 aromatic carbocycles. The Morgan fingerprint density at radius 1 is 1.08 bits per heavy atom. The molecule has 0 saturated carbocycles. The third-order valence-electron chi connectivity index (χ3n) is 5.57. The van der Waals surface area contributed by atoms with Gasteiger partial charge in [-0.3, -0.25) is 14.2 Å².